The van der Waals surface area contributed by atoms with E-state index < -0.39 is 5.60 Å². The van der Waals surface area contributed by atoms with Gasteiger partial charge in [-0.2, -0.15) is 0 Å². The molecule has 0 bridgehead atoms. The van der Waals surface area contributed by atoms with E-state index in [0.717, 1.165) is 41.3 Å². The molecule has 0 aromatic heterocycles. The standard InChI is InChI=1S/C29H33N3O3/c1-29(2,3)35-28(34)32-16-14-22(15-17-32)31(4)21-11-8-19(9-12-21)18-20-10-13-25-26-23(20)6-5-7-24(26)27(33)30-25/h5-13,22H,14-18H2,1-4H3,(H,30,33). The second-order valence-electron chi connectivity index (χ2n) is 10.6. The van der Waals surface area contributed by atoms with Crippen LogP contribution in [0.5, 0.6) is 0 Å². The molecule has 2 amide bonds. The van der Waals surface area contributed by atoms with Crippen LogP contribution in [-0.2, 0) is 11.2 Å². The minimum Gasteiger partial charge on any atom is -0.444 e. The Kier molecular flexibility index (Phi) is 5.91. The van der Waals surface area contributed by atoms with Gasteiger partial charge in [0.05, 0.1) is 0 Å². The molecule has 0 unspecified atom stereocenters. The van der Waals surface area contributed by atoms with E-state index in [1.54, 1.807) is 0 Å². The molecule has 35 heavy (non-hydrogen) atoms. The number of hydrogen-bond acceptors (Lipinski definition) is 4. The van der Waals surface area contributed by atoms with Crippen LogP contribution in [0.4, 0.5) is 16.2 Å². The van der Waals surface area contributed by atoms with Gasteiger partial charge in [-0.25, -0.2) is 4.79 Å². The average molecular weight is 472 g/mol. The van der Waals surface area contributed by atoms with Gasteiger partial charge in [-0.1, -0.05) is 30.3 Å². The van der Waals surface area contributed by atoms with Crippen molar-refractivity contribution < 1.29 is 14.3 Å². The first-order chi connectivity index (χ1) is 16.7. The van der Waals surface area contributed by atoms with Crippen LogP contribution in [0, 0.1) is 0 Å². The number of anilines is 2. The van der Waals surface area contributed by atoms with Crippen molar-refractivity contribution in [3.05, 3.63) is 71.3 Å². The fourth-order valence-electron chi connectivity index (χ4n) is 5.15. The molecule has 0 atom stereocenters. The summed E-state index contributed by atoms with van der Waals surface area (Å²) in [4.78, 5) is 28.7. The van der Waals surface area contributed by atoms with Crippen molar-refractivity contribution in [2.45, 2.75) is 51.7 Å². The smallest absolute Gasteiger partial charge is 0.410 e. The van der Waals surface area contributed by atoms with Crippen LogP contribution < -0.4 is 10.2 Å². The number of hydrogen-bond donors (Lipinski definition) is 1. The number of nitrogens with zero attached hydrogens (tertiary/aromatic N) is 2. The highest BCUT2D eigenvalue weighted by Crippen LogP contribution is 2.35. The number of ether oxygens (including phenoxy) is 1. The lowest BCUT2D eigenvalue weighted by Crippen LogP contribution is -2.47. The van der Waals surface area contributed by atoms with Crippen LogP contribution in [0.25, 0.3) is 10.8 Å². The topological polar surface area (TPSA) is 61.9 Å². The van der Waals surface area contributed by atoms with E-state index in [0.29, 0.717) is 19.1 Å². The number of piperidine rings is 1. The first-order valence-electron chi connectivity index (χ1n) is 12.4. The molecule has 1 saturated heterocycles. The molecular formula is C29H33N3O3. The normalized spacial score (nSPS) is 15.9. The summed E-state index contributed by atoms with van der Waals surface area (Å²) in [5.41, 5.74) is 4.83. The third-order valence-electron chi connectivity index (χ3n) is 7.03. The number of likely N-dealkylation sites (tertiary alicyclic amines) is 1. The second kappa shape index (κ2) is 8.91. The molecule has 182 valence electrons. The Bertz CT molecular complexity index is 1270. The maximum atomic E-state index is 12.4. The molecule has 2 heterocycles. The molecule has 0 aliphatic carbocycles. The van der Waals surface area contributed by atoms with Crippen molar-refractivity contribution >= 4 is 34.1 Å². The minimum absolute atomic E-state index is 0.0212. The highest BCUT2D eigenvalue weighted by molar-refractivity contribution is 6.24. The Morgan fingerprint density at radius 3 is 2.46 bits per heavy atom. The molecule has 1 fully saturated rings. The van der Waals surface area contributed by atoms with Gasteiger partial charge in [-0.15, -0.1) is 0 Å². The monoisotopic (exact) mass is 471 g/mol. The second-order valence-corrected chi connectivity index (χ2v) is 10.6. The predicted molar refractivity (Wildman–Crippen MR) is 140 cm³/mol. The number of carbonyl (C=O) groups excluding carboxylic acids is 2. The van der Waals surface area contributed by atoms with Gasteiger partial charge in [0.1, 0.15) is 5.60 Å². The van der Waals surface area contributed by atoms with Crippen LogP contribution in [-0.4, -0.2) is 48.7 Å². The largest absolute Gasteiger partial charge is 0.444 e. The first-order valence-corrected chi connectivity index (χ1v) is 12.4. The summed E-state index contributed by atoms with van der Waals surface area (Å²) >= 11 is 0. The van der Waals surface area contributed by atoms with E-state index in [2.05, 4.69) is 53.7 Å². The third kappa shape index (κ3) is 4.70. The number of amides is 2. The lowest BCUT2D eigenvalue weighted by molar-refractivity contribution is 0.0205. The number of carbonyl (C=O) groups is 2. The van der Waals surface area contributed by atoms with Gasteiger partial charge in [0.2, 0.25) is 0 Å². The molecule has 6 heteroatoms. The van der Waals surface area contributed by atoms with Gasteiger partial charge in [0.15, 0.2) is 0 Å². The molecule has 0 saturated carbocycles. The van der Waals surface area contributed by atoms with E-state index >= 15 is 0 Å². The van der Waals surface area contributed by atoms with E-state index in [9.17, 15) is 9.59 Å². The van der Waals surface area contributed by atoms with Crippen molar-refractivity contribution in [2.75, 3.05) is 30.4 Å². The Balaban J connectivity index is 1.24. The third-order valence-corrected chi connectivity index (χ3v) is 7.03. The van der Waals surface area contributed by atoms with Gasteiger partial charge in [0.25, 0.3) is 5.91 Å². The molecule has 0 radical (unpaired) electrons. The highest BCUT2D eigenvalue weighted by Gasteiger charge is 2.28. The number of nitrogens with one attached hydrogen (secondary N) is 1. The lowest BCUT2D eigenvalue weighted by Gasteiger charge is -2.38. The number of rotatable bonds is 4. The minimum atomic E-state index is -0.465. The first kappa shape index (κ1) is 23.2. The highest BCUT2D eigenvalue weighted by atomic mass is 16.6. The maximum absolute atomic E-state index is 12.4. The summed E-state index contributed by atoms with van der Waals surface area (Å²) in [7, 11) is 2.13. The zero-order valence-electron chi connectivity index (χ0n) is 20.9. The van der Waals surface area contributed by atoms with Crippen LogP contribution >= 0.6 is 0 Å². The Labute approximate surface area is 206 Å². The van der Waals surface area contributed by atoms with Gasteiger partial charge in [-0.05, 0) is 80.8 Å². The van der Waals surface area contributed by atoms with Crippen LogP contribution in [0.3, 0.4) is 0 Å². The summed E-state index contributed by atoms with van der Waals surface area (Å²) in [6.45, 7) is 7.13. The quantitative estimate of drug-likeness (QED) is 0.520. The van der Waals surface area contributed by atoms with E-state index in [1.165, 1.54) is 16.8 Å². The van der Waals surface area contributed by atoms with Gasteiger partial charge >= 0.3 is 6.09 Å². The zero-order chi connectivity index (χ0) is 24.7. The Morgan fingerprint density at radius 1 is 1.06 bits per heavy atom. The van der Waals surface area contributed by atoms with Crippen molar-refractivity contribution in [1.29, 1.82) is 0 Å². The average Bonchev–Trinajstić information content (AvgIpc) is 3.17. The fourth-order valence-corrected chi connectivity index (χ4v) is 5.15. The van der Waals surface area contributed by atoms with Crippen LogP contribution in [0.15, 0.2) is 54.6 Å². The molecule has 5 rings (SSSR count). The van der Waals surface area contributed by atoms with Crippen LogP contribution in [0.1, 0.15) is 55.1 Å². The summed E-state index contributed by atoms with van der Waals surface area (Å²) in [5.74, 6) is -0.0212. The van der Waals surface area contributed by atoms with Crippen molar-refractivity contribution in [1.82, 2.24) is 4.90 Å². The molecular weight excluding hydrogens is 438 g/mol. The van der Waals surface area contributed by atoms with Crippen molar-refractivity contribution in [3.8, 4) is 0 Å². The Hall–Kier alpha value is -3.54. The maximum Gasteiger partial charge on any atom is 0.410 e. The van der Waals surface area contributed by atoms with E-state index in [1.807, 2.05) is 43.9 Å². The molecule has 2 aliphatic heterocycles. The molecule has 0 spiro atoms. The number of benzene rings is 3. The van der Waals surface area contributed by atoms with Crippen molar-refractivity contribution in [3.63, 3.8) is 0 Å². The van der Waals surface area contributed by atoms with Gasteiger partial charge < -0.3 is 19.9 Å². The molecule has 2 aliphatic rings. The van der Waals surface area contributed by atoms with Crippen molar-refractivity contribution in [2.24, 2.45) is 0 Å². The summed E-state index contributed by atoms with van der Waals surface area (Å²) < 4.78 is 5.52. The predicted octanol–water partition coefficient (Wildman–Crippen LogP) is 5.83. The van der Waals surface area contributed by atoms with E-state index in [4.69, 9.17) is 4.74 Å². The van der Waals surface area contributed by atoms with Gasteiger partial charge in [0, 0.05) is 48.5 Å². The Morgan fingerprint density at radius 2 is 1.77 bits per heavy atom. The van der Waals surface area contributed by atoms with Gasteiger partial charge in [-0.3, -0.25) is 4.79 Å². The van der Waals surface area contributed by atoms with E-state index in [-0.39, 0.29) is 12.0 Å². The fraction of sp³-hybridized carbons (Fsp3) is 0.379. The molecule has 3 aromatic carbocycles. The molecule has 6 nitrogen and oxygen atoms in total. The van der Waals surface area contributed by atoms with Crippen LogP contribution in [0.2, 0.25) is 0 Å². The molecule has 3 aromatic rings. The lowest BCUT2D eigenvalue weighted by atomic mass is 9.96. The molecule has 1 N–H and O–H groups in total. The summed E-state index contributed by atoms with van der Waals surface area (Å²) in [6.07, 6.45) is 2.44. The SMILES string of the molecule is CN(c1ccc(Cc2ccc3c4c(cccc24)C(=O)N3)cc1)C1CCN(C(=O)OC(C)(C)C)CC1. The zero-order valence-corrected chi connectivity index (χ0v) is 20.9. The summed E-state index contributed by atoms with van der Waals surface area (Å²) in [5, 5.41) is 5.13. The summed E-state index contributed by atoms with van der Waals surface area (Å²) in [6, 6.07) is 19.2.